The molecule has 3 rings (SSSR count). The van der Waals surface area contributed by atoms with Crippen LogP contribution in [-0.2, 0) is 6.42 Å². The van der Waals surface area contributed by atoms with Crippen LogP contribution in [0.2, 0.25) is 0 Å². The molecular formula is C15H13FN4OS. The number of hydrogen-bond acceptors (Lipinski definition) is 4. The molecule has 0 aliphatic carbocycles. The first-order valence-corrected chi connectivity index (χ1v) is 7.60. The molecule has 0 unspecified atom stereocenters. The SMILES string of the molecule is CCc1nn(-c2nccs2)cc1C(=O)Nc1cccc(F)c1. The maximum Gasteiger partial charge on any atom is 0.259 e. The fourth-order valence-electron chi connectivity index (χ4n) is 2.05. The van der Waals surface area contributed by atoms with E-state index in [-0.39, 0.29) is 5.91 Å². The van der Waals surface area contributed by atoms with Gasteiger partial charge in [0.25, 0.3) is 5.91 Å². The summed E-state index contributed by atoms with van der Waals surface area (Å²) in [7, 11) is 0. The van der Waals surface area contributed by atoms with Gasteiger partial charge in [0.05, 0.1) is 11.3 Å². The highest BCUT2D eigenvalue weighted by Gasteiger charge is 2.17. The molecule has 2 heterocycles. The second-order valence-electron chi connectivity index (χ2n) is 4.57. The minimum atomic E-state index is -0.396. The summed E-state index contributed by atoms with van der Waals surface area (Å²) in [4.78, 5) is 16.6. The zero-order valence-corrected chi connectivity index (χ0v) is 12.6. The molecule has 1 amide bonds. The number of halogens is 1. The Morgan fingerprint density at radius 2 is 2.32 bits per heavy atom. The number of aromatic nitrogens is 3. The summed E-state index contributed by atoms with van der Waals surface area (Å²) >= 11 is 1.43. The normalized spacial score (nSPS) is 10.6. The quantitative estimate of drug-likeness (QED) is 0.803. The van der Waals surface area contributed by atoms with Crippen molar-refractivity contribution in [3.8, 4) is 5.13 Å². The van der Waals surface area contributed by atoms with Crippen molar-refractivity contribution in [3.05, 3.63) is 59.1 Å². The number of amides is 1. The second-order valence-corrected chi connectivity index (χ2v) is 5.44. The largest absolute Gasteiger partial charge is 0.322 e. The van der Waals surface area contributed by atoms with E-state index in [9.17, 15) is 9.18 Å². The number of hydrogen-bond donors (Lipinski definition) is 1. The van der Waals surface area contributed by atoms with Crippen LogP contribution >= 0.6 is 11.3 Å². The molecule has 0 radical (unpaired) electrons. The van der Waals surface area contributed by atoms with Crippen LogP contribution in [0.4, 0.5) is 10.1 Å². The predicted molar refractivity (Wildman–Crippen MR) is 83.0 cm³/mol. The predicted octanol–water partition coefficient (Wildman–Crippen LogP) is 3.28. The monoisotopic (exact) mass is 316 g/mol. The Morgan fingerprint density at radius 3 is 3.00 bits per heavy atom. The molecule has 0 saturated heterocycles. The van der Waals surface area contributed by atoms with E-state index in [0.717, 1.165) is 0 Å². The van der Waals surface area contributed by atoms with Gasteiger partial charge in [-0.05, 0) is 24.6 Å². The molecule has 0 aliphatic rings. The molecule has 2 aromatic heterocycles. The van der Waals surface area contributed by atoms with E-state index in [4.69, 9.17) is 0 Å². The zero-order valence-electron chi connectivity index (χ0n) is 11.8. The van der Waals surface area contributed by atoms with E-state index in [1.54, 1.807) is 29.2 Å². The summed E-state index contributed by atoms with van der Waals surface area (Å²) in [5.74, 6) is -0.711. The summed E-state index contributed by atoms with van der Waals surface area (Å²) in [5.41, 5.74) is 1.54. The van der Waals surface area contributed by atoms with Crippen LogP contribution in [0.15, 0.2) is 42.0 Å². The first-order valence-electron chi connectivity index (χ1n) is 6.72. The van der Waals surface area contributed by atoms with Gasteiger partial charge in [0.2, 0.25) is 5.13 Å². The van der Waals surface area contributed by atoms with Gasteiger partial charge in [-0.15, -0.1) is 11.3 Å². The lowest BCUT2D eigenvalue weighted by Gasteiger charge is -2.04. The smallest absolute Gasteiger partial charge is 0.259 e. The molecule has 0 aliphatic heterocycles. The molecule has 22 heavy (non-hydrogen) atoms. The standard InChI is InChI=1S/C15H13FN4OS/c1-2-13-12(9-20(19-13)15-17-6-7-22-15)14(21)18-11-5-3-4-10(16)8-11/h3-9H,2H2,1H3,(H,18,21). The zero-order chi connectivity index (χ0) is 15.5. The van der Waals surface area contributed by atoms with Gasteiger partial charge in [0.15, 0.2) is 0 Å². The molecule has 0 spiro atoms. The van der Waals surface area contributed by atoms with Gasteiger partial charge >= 0.3 is 0 Å². The van der Waals surface area contributed by atoms with E-state index < -0.39 is 5.82 Å². The Balaban J connectivity index is 1.88. The number of nitrogens with zero attached hydrogens (tertiary/aromatic N) is 3. The first kappa shape index (κ1) is 14.4. The van der Waals surface area contributed by atoms with Crippen molar-refractivity contribution in [2.45, 2.75) is 13.3 Å². The van der Waals surface area contributed by atoms with Gasteiger partial charge < -0.3 is 5.32 Å². The van der Waals surface area contributed by atoms with Gasteiger partial charge in [-0.1, -0.05) is 13.0 Å². The maximum absolute atomic E-state index is 13.2. The molecule has 5 nitrogen and oxygen atoms in total. The highest BCUT2D eigenvalue weighted by atomic mass is 32.1. The van der Waals surface area contributed by atoms with Crippen LogP contribution < -0.4 is 5.32 Å². The van der Waals surface area contributed by atoms with Crippen molar-refractivity contribution in [2.75, 3.05) is 5.32 Å². The van der Waals surface area contributed by atoms with E-state index in [0.29, 0.717) is 28.5 Å². The number of nitrogens with one attached hydrogen (secondary N) is 1. The van der Waals surface area contributed by atoms with Gasteiger partial charge in [-0.25, -0.2) is 14.1 Å². The Morgan fingerprint density at radius 1 is 1.45 bits per heavy atom. The fraction of sp³-hybridized carbons (Fsp3) is 0.133. The molecule has 0 fully saturated rings. The van der Waals surface area contributed by atoms with Gasteiger partial charge in [0.1, 0.15) is 5.82 Å². The van der Waals surface area contributed by atoms with Crippen LogP contribution in [0.25, 0.3) is 5.13 Å². The third-order valence-electron chi connectivity index (χ3n) is 3.07. The summed E-state index contributed by atoms with van der Waals surface area (Å²) in [6, 6.07) is 5.78. The van der Waals surface area contributed by atoms with Crippen molar-refractivity contribution in [1.82, 2.24) is 14.8 Å². The Bertz CT molecular complexity index is 798. The molecule has 0 bridgehead atoms. The average Bonchev–Trinajstić information content (AvgIpc) is 3.16. The topological polar surface area (TPSA) is 59.8 Å². The molecule has 0 saturated carbocycles. The van der Waals surface area contributed by atoms with Crippen molar-refractivity contribution in [2.24, 2.45) is 0 Å². The molecule has 1 N–H and O–H groups in total. The van der Waals surface area contributed by atoms with E-state index in [1.165, 1.54) is 23.5 Å². The van der Waals surface area contributed by atoms with E-state index in [2.05, 4.69) is 15.4 Å². The van der Waals surface area contributed by atoms with Gasteiger partial charge in [-0.2, -0.15) is 5.10 Å². The third-order valence-corrected chi connectivity index (χ3v) is 3.83. The van der Waals surface area contributed by atoms with Crippen LogP contribution in [0, 0.1) is 5.82 Å². The Labute approximate surface area is 130 Å². The molecule has 112 valence electrons. The minimum absolute atomic E-state index is 0.315. The second kappa shape index (κ2) is 6.07. The third kappa shape index (κ3) is 2.89. The van der Waals surface area contributed by atoms with Crippen LogP contribution in [0.1, 0.15) is 23.0 Å². The number of thiazole rings is 1. The highest BCUT2D eigenvalue weighted by molar-refractivity contribution is 7.12. The van der Waals surface area contributed by atoms with Crippen LogP contribution in [0.3, 0.4) is 0 Å². The number of aryl methyl sites for hydroxylation is 1. The lowest BCUT2D eigenvalue weighted by molar-refractivity contribution is 0.102. The maximum atomic E-state index is 13.2. The number of carbonyl (C=O) groups is 1. The Kier molecular flexibility index (Phi) is 3.97. The molecule has 0 atom stereocenters. The van der Waals surface area contributed by atoms with Crippen molar-refractivity contribution < 1.29 is 9.18 Å². The molecular weight excluding hydrogens is 303 g/mol. The van der Waals surface area contributed by atoms with Crippen molar-refractivity contribution in [3.63, 3.8) is 0 Å². The molecule has 1 aromatic carbocycles. The average molecular weight is 316 g/mol. The summed E-state index contributed by atoms with van der Waals surface area (Å²) in [6.45, 7) is 1.92. The number of benzene rings is 1. The summed E-state index contributed by atoms with van der Waals surface area (Å²) in [6.07, 6.45) is 3.94. The first-order chi connectivity index (χ1) is 10.7. The van der Waals surface area contributed by atoms with E-state index >= 15 is 0 Å². The number of anilines is 1. The summed E-state index contributed by atoms with van der Waals surface area (Å²) < 4.78 is 14.8. The molecule has 7 heteroatoms. The summed E-state index contributed by atoms with van der Waals surface area (Å²) in [5, 5.41) is 9.60. The lowest BCUT2D eigenvalue weighted by atomic mass is 10.2. The van der Waals surface area contributed by atoms with E-state index in [1.807, 2.05) is 12.3 Å². The van der Waals surface area contributed by atoms with Crippen molar-refractivity contribution >= 4 is 22.9 Å². The number of carbonyl (C=O) groups excluding carboxylic acids is 1. The molecule has 3 aromatic rings. The fourth-order valence-corrected chi connectivity index (χ4v) is 2.62. The minimum Gasteiger partial charge on any atom is -0.322 e. The Hall–Kier alpha value is -2.54. The highest BCUT2D eigenvalue weighted by Crippen LogP contribution is 2.17. The van der Waals surface area contributed by atoms with Crippen LogP contribution in [-0.4, -0.2) is 20.7 Å². The van der Waals surface area contributed by atoms with Crippen LogP contribution in [0.5, 0.6) is 0 Å². The van der Waals surface area contributed by atoms with Gasteiger partial charge in [-0.3, -0.25) is 4.79 Å². The lowest BCUT2D eigenvalue weighted by Crippen LogP contribution is -2.13. The van der Waals surface area contributed by atoms with Crippen molar-refractivity contribution in [1.29, 1.82) is 0 Å². The number of rotatable bonds is 4. The van der Waals surface area contributed by atoms with Gasteiger partial charge in [0, 0.05) is 23.5 Å².